The van der Waals surface area contributed by atoms with E-state index < -0.39 is 0 Å². The Hall–Kier alpha value is -1.83. The van der Waals surface area contributed by atoms with Crippen molar-refractivity contribution in [2.24, 2.45) is 4.99 Å². The summed E-state index contributed by atoms with van der Waals surface area (Å²) in [7, 11) is 1.85. The first-order valence-electron chi connectivity index (χ1n) is 9.86. The van der Waals surface area contributed by atoms with E-state index in [0.717, 1.165) is 50.7 Å². The quantitative estimate of drug-likeness (QED) is 0.289. The number of nitrogens with one attached hydrogen (secondary N) is 1. The van der Waals surface area contributed by atoms with Crippen molar-refractivity contribution >= 4 is 29.9 Å². The van der Waals surface area contributed by atoms with Crippen LogP contribution >= 0.6 is 24.0 Å². The number of guanidine groups is 1. The molecule has 0 aliphatic carbocycles. The summed E-state index contributed by atoms with van der Waals surface area (Å²) in [5.41, 5.74) is 2.53. The number of benzene rings is 1. The molecule has 0 bridgehead atoms. The number of halogens is 1. The fraction of sp³-hybridized carbons (Fsp3) is 0.455. The van der Waals surface area contributed by atoms with Crippen molar-refractivity contribution in [3.05, 3.63) is 70.1 Å². The second-order valence-electron chi connectivity index (χ2n) is 7.18. The van der Waals surface area contributed by atoms with Crippen molar-refractivity contribution < 1.29 is 0 Å². The molecule has 1 unspecified atom stereocenters. The number of hydrogen-bond acceptors (Lipinski definition) is 2. The van der Waals surface area contributed by atoms with Crippen LogP contribution in [0.4, 0.5) is 0 Å². The van der Waals surface area contributed by atoms with Gasteiger partial charge >= 0.3 is 0 Å². The van der Waals surface area contributed by atoms with E-state index >= 15 is 0 Å². The number of likely N-dealkylation sites (tertiary alicyclic amines) is 1. The van der Waals surface area contributed by atoms with Gasteiger partial charge in [0.15, 0.2) is 5.96 Å². The lowest BCUT2D eigenvalue weighted by Crippen LogP contribution is -2.40. The topological polar surface area (TPSA) is 49.6 Å². The van der Waals surface area contributed by atoms with Gasteiger partial charge in [0.05, 0.1) is 0 Å². The van der Waals surface area contributed by atoms with Crippen LogP contribution in [0.25, 0.3) is 0 Å². The zero-order chi connectivity index (χ0) is 19.1. The predicted octanol–water partition coefficient (Wildman–Crippen LogP) is 3.62. The third-order valence-electron chi connectivity index (χ3n) is 5.33. The number of rotatable bonds is 6. The van der Waals surface area contributed by atoms with Crippen LogP contribution in [0.1, 0.15) is 36.4 Å². The van der Waals surface area contributed by atoms with E-state index in [1.54, 1.807) is 6.07 Å². The minimum atomic E-state index is 0. The summed E-state index contributed by atoms with van der Waals surface area (Å²) in [4.78, 5) is 18.7. The highest BCUT2D eigenvalue weighted by Gasteiger charge is 2.25. The minimum absolute atomic E-state index is 0. The average molecular weight is 494 g/mol. The number of hydrogen-bond donors (Lipinski definition) is 1. The largest absolute Gasteiger partial charge is 0.356 e. The molecule has 2 heterocycles. The predicted molar refractivity (Wildman–Crippen MR) is 127 cm³/mol. The molecule has 1 aliphatic rings. The number of nitrogens with zero attached hydrogens (tertiary/aromatic N) is 3. The molecular formula is C22H31IN4O. The van der Waals surface area contributed by atoms with Gasteiger partial charge < -0.3 is 14.8 Å². The van der Waals surface area contributed by atoms with E-state index in [2.05, 4.69) is 45.5 Å². The van der Waals surface area contributed by atoms with Gasteiger partial charge in [-0.1, -0.05) is 36.4 Å². The van der Waals surface area contributed by atoms with Gasteiger partial charge in [-0.2, -0.15) is 0 Å². The standard InChI is InChI=1S/C22H30N4O.HI/c1-18-9-8-12-21(27)26(18)15-7-6-14-24-22(23-2)25-16-13-20(17-25)19-10-4-3-5-11-19;/h3-5,8-12,20H,6-7,13-17H2,1-2H3,(H,23,24);1H. The molecule has 1 atom stereocenters. The van der Waals surface area contributed by atoms with Gasteiger partial charge in [-0.05, 0) is 37.8 Å². The molecular weight excluding hydrogens is 463 g/mol. The minimum Gasteiger partial charge on any atom is -0.356 e. The molecule has 0 amide bonds. The van der Waals surface area contributed by atoms with Crippen molar-refractivity contribution in [3.63, 3.8) is 0 Å². The van der Waals surface area contributed by atoms with Crippen molar-refractivity contribution in [2.45, 2.75) is 38.6 Å². The summed E-state index contributed by atoms with van der Waals surface area (Å²) >= 11 is 0. The van der Waals surface area contributed by atoms with Crippen molar-refractivity contribution in [1.82, 2.24) is 14.8 Å². The zero-order valence-corrected chi connectivity index (χ0v) is 19.1. The molecule has 0 saturated carbocycles. The van der Waals surface area contributed by atoms with Crippen molar-refractivity contribution in [1.29, 1.82) is 0 Å². The Morgan fingerprint density at radius 3 is 2.64 bits per heavy atom. The van der Waals surface area contributed by atoms with E-state index in [-0.39, 0.29) is 29.5 Å². The first kappa shape index (κ1) is 22.5. The molecule has 1 aliphatic heterocycles. The first-order valence-corrected chi connectivity index (χ1v) is 9.86. The molecule has 3 rings (SSSR count). The van der Waals surface area contributed by atoms with Crippen molar-refractivity contribution in [2.75, 3.05) is 26.7 Å². The molecule has 0 radical (unpaired) electrons. The molecule has 5 nitrogen and oxygen atoms in total. The van der Waals surface area contributed by atoms with Gasteiger partial charge in [0.2, 0.25) is 0 Å². The summed E-state index contributed by atoms with van der Waals surface area (Å²) in [6, 6.07) is 16.2. The fourth-order valence-corrected chi connectivity index (χ4v) is 3.79. The first-order chi connectivity index (χ1) is 13.2. The van der Waals surface area contributed by atoms with Crippen LogP contribution in [-0.4, -0.2) is 42.1 Å². The summed E-state index contributed by atoms with van der Waals surface area (Å²) in [6.45, 7) is 5.68. The summed E-state index contributed by atoms with van der Waals surface area (Å²) in [6.07, 6.45) is 3.15. The second kappa shape index (κ2) is 11.2. The molecule has 1 N–H and O–H groups in total. The summed E-state index contributed by atoms with van der Waals surface area (Å²) in [5, 5.41) is 3.49. The van der Waals surface area contributed by atoms with Crippen molar-refractivity contribution in [3.8, 4) is 0 Å². The van der Waals surface area contributed by atoms with Crippen LogP contribution in [0.2, 0.25) is 0 Å². The Balaban J connectivity index is 0.00000280. The van der Waals surface area contributed by atoms with E-state index in [4.69, 9.17) is 0 Å². The van der Waals surface area contributed by atoms with Crippen LogP contribution in [0.15, 0.2) is 58.3 Å². The van der Waals surface area contributed by atoms with E-state index in [0.29, 0.717) is 5.92 Å². The third-order valence-corrected chi connectivity index (χ3v) is 5.33. The van der Waals surface area contributed by atoms with Crippen LogP contribution in [0.3, 0.4) is 0 Å². The molecule has 152 valence electrons. The number of aliphatic imine (C=N–C) groups is 1. The normalized spacial score (nSPS) is 16.7. The number of unbranched alkanes of at least 4 members (excludes halogenated alkanes) is 1. The highest BCUT2D eigenvalue weighted by Crippen LogP contribution is 2.26. The molecule has 2 aromatic rings. The van der Waals surface area contributed by atoms with Gasteiger partial charge in [-0.3, -0.25) is 9.79 Å². The lowest BCUT2D eigenvalue weighted by Gasteiger charge is -2.22. The second-order valence-corrected chi connectivity index (χ2v) is 7.18. The monoisotopic (exact) mass is 494 g/mol. The number of aromatic nitrogens is 1. The molecule has 0 spiro atoms. The molecule has 6 heteroatoms. The van der Waals surface area contributed by atoms with Crippen LogP contribution in [0.5, 0.6) is 0 Å². The summed E-state index contributed by atoms with van der Waals surface area (Å²) < 4.78 is 1.85. The van der Waals surface area contributed by atoms with Crippen LogP contribution in [0, 0.1) is 6.92 Å². The van der Waals surface area contributed by atoms with Gasteiger partial charge in [-0.15, -0.1) is 24.0 Å². The highest BCUT2D eigenvalue weighted by molar-refractivity contribution is 14.0. The molecule has 1 saturated heterocycles. The van der Waals surface area contributed by atoms with E-state index in [1.165, 1.54) is 12.0 Å². The Kier molecular flexibility index (Phi) is 9.02. The average Bonchev–Trinajstić information content (AvgIpc) is 3.17. The smallest absolute Gasteiger partial charge is 0.250 e. The molecule has 1 fully saturated rings. The highest BCUT2D eigenvalue weighted by atomic mass is 127. The Morgan fingerprint density at radius 2 is 1.93 bits per heavy atom. The zero-order valence-electron chi connectivity index (χ0n) is 16.8. The SMILES string of the molecule is CN=C(NCCCCn1c(C)cccc1=O)N1CCC(c2ccccc2)C1.I. The maximum atomic E-state index is 11.9. The van der Waals surface area contributed by atoms with Gasteiger partial charge in [-0.25, -0.2) is 0 Å². The van der Waals surface area contributed by atoms with Gasteiger partial charge in [0.25, 0.3) is 5.56 Å². The maximum Gasteiger partial charge on any atom is 0.250 e. The maximum absolute atomic E-state index is 11.9. The molecule has 28 heavy (non-hydrogen) atoms. The summed E-state index contributed by atoms with van der Waals surface area (Å²) in [5.74, 6) is 1.57. The number of aryl methyl sites for hydroxylation is 1. The van der Waals surface area contributed by atoms with E-state index in [1.807, 2.05) is 30.7 Å². The van der Waals surface area contributed by atoms with Gasteiger partial charge in [0, 0.05) is 50.9 Å². The number of pyridine rings is 1. The molecule has 1 aromatic heterocycles. The lowest BCUT2D eigenvalue weighted by molar-refractivity contribution is 0.481. The van der Waals surface area contributed by atoms with Crippen LogP contribution < -0.4 is 10.9 Å². The Labute approximate surface area is 184 Å². The Morgan fingerprint density at radius 1 is 1.14 bits per heavy atom. The molecule has 1 aromatic carbocycles. The van der Waals surface area contributed by atoms with Gasteiger partial charge in [0.1, 0.15) is 0 Å². The Bertz CT molecular complexity index is 819. The van der Waals surface area contributed by atoms with E-state index in [9.17, 15) is 4.79 Å². The van der Waals surface area contributed by atoms with Crippen LogP contribution in [-0.2, 0) is 6.54 Å². The lowest BCUT2D eigenvalue weighted by atomic mass is 9.99. The fourth-order valence-electron chi connectivity index (χ4n) is 3.79. The third kappa shape index (κ3) is 5.83.